The third-order valence-electron chi connectivity index (χ3n) is 2.55. The van der Waals surface area contributed by atoms with Crippen LogP contribution in [0.15, 0.2) is 23.4 Å². The first-order valence-electron chi connectivity index (χ1n) is 4.86. The van der Waals surface area contributed by atoms with Crippen LogP contribution in [0.3, 0.4) is 0 Å². The maximum Gasteiger partial charge on any atom is 0.351 e. The fraction of sp³-hybridized carbons (Fsp3) is 0.273. The number of halogens is 2. The molecule has 1 aliphatic heterocycles. The number of benzene rings is 1. The Morgan fingerprint density at radius 3 is 2.82 bits per heavy atom. The summed E-state index contributed by atoms with van der Waals surface area (Å²) < 4.78 is 26.4. The quantitative estimate of drug-likeness (QED) is 0.860. The van der Waals surface area contributed by atoms with Crippen molar-refractivity contribution >= 4 is 11.7 Å². The minimum Gasteiger partial charge on any atom is -0.478 e. The summed E-state index contributed by atoms with van der Waals surface area (Å²) in [6.07, 6.45) is -0.108. The van der Waals surface area contributed by atoms with E-state index in [-0.39, 0.29) is 17.7 Å². The summed E-state index contributed by atoms with van der Waals surface area (Å²) in [7, 11) is 0. The lowest BCUT2D eigenvalue weighted by molar-refractivity contribution is -0.160. The SMILES string of the molecule is CC1(C(=O)O)CC(c2cc(F)ccc2F)=NO1. The van der Waals surface area contributed by atoms with Gasteiger partial charge in [-0.2, -0.15) is 0 Å². The molecular formula is C11H9F2NO3. The van der Waals surface area contributed by atoms with Crippen molar-refractivity contribution in [1.82, 2.24) is 0 Å². The van der Waals surface area contributed by atoms with Gasteiger partial charge in [-0.05, 0) is 25.1 Å². The Bertz CT molecular complexity index is 515. The number of nitrogens with zero attached hydrogens (tertiary/aromatic N) is 1. The van der Waals surface area contributed by atoms with Gasteiger partial charge in [-0.3, -0.25) is 0 Å². The van der Waals surface area contributed by atoms with Gasteiger partial charge < -0.3 is 9.94 Å². The van der Waals surface area contributed by atoms with Crippen LogP contribution in [0.5, 0.6) is 0 Å². The van der Waals surface area contributed by atoms with E-state index in [2.05, 4.69) is 5.16 Å². The van der Waals surface area contributed by atoms with E-state index in [0.29, 0.717) is 0 Å². The summed E-state index contributed by atoms with van der Waals surface area (Å²) in [6.45, 7) is 1.32. The van der Waals surface area contributed by atoms with Gasteiger partial charge in [0.05, 0.1) is 5.71 Å². The first-order valence-corrected chi connectivity index (χ1v) is 4.86. The van der Waals surface area contributed by atoms with Crippen LogP contribution in [-0.2, 0) is 9.63 Å². The number of oxime groups is 1. The molecule has 0 aliphatic carbocycles. The molecule has 2 rings (SSSR count). The third-order valence-corrected chi connectivity index (χ3v) is 2.55. The van der Waals surface area contributed by atoms with E-state index < -0.39 is 23.2 Å². The van der Waals surface area contributed by atoms with Crippen molar-refractivity contribution in [2.24, 2.45) is 5.16 Å². The Hall–Kier alpha value is -1.98. The molecule has 0 spiro atoms. The highest BCUT2D eigenvalue weighted by atomic mass is 19.1. The Kier molecular flexibility index (Phi) is 2.57. The van der Waals surface area contributed by atoms with Gasteiger partial charge in [-0.15, -0.1) is 0 Å². The monoisotopic (exact) mass is 241 g/mol. The molecule has 0 bridgehead atoms. The smallest absolute Gasteiger partial charge is 0.351 e. The number of carboxylic acid groups (broad SMARTS) is 1. The van der Waals surface area contributed by atoms with Crippen molar-refractivity contribution in [2.45, 2.75) is 18.9 Å². The molecule has 1 heterocycles. The molecule has 1 aliphatic rings. The fourth-order valence-electron chi connectivity index (χ4n) is 1.52. The summed E-state index contributed by atoms with van der Waals surface area (Å²) >= 11 is 0. The molecule has 1 aromatic rings. The largest absolute Gasteiger partial charge is 0.478 e. The molecular weight excluding hydrogens is 232 g/mol. The first-order chi connectivity index (χ1) is 7.92. The minimum absolute atomic E-state index is 0.0741. The lowest BCUT2D eigenvalue weighted by atomic mass is 9.96. The molecule has 17 heavy (non-hydrogen) atoms. The van der Waals surface area contributed by atoms with Crippen molar-refractivity contribution in [3.8, 4) is 0 Å². The van der Waals surface area contributed by atoms with Crippen LogP contribution in [-0.4, -0.2) is 22.4 Å². The maximum absolute atomic E-state index is 13.4. The maximum atomic E-state index is 13.4. The minimum atomic E-state index is -1.52. The summed E-state index contributed by atoms with van der Waals surface area (Å²) in [4.78, 5) is 15.6. The summed E-state index contributed by atoms with van der Waals surface area (Å²) in [5.41, 5.74) is -1.50. The molecule has 90 valence electrons. The lowest BCUT2D eigenvalue weighted by Crippen LogP contribution is -2.35. The molecule has 6 heteroatoms. The average Bonchev–Trinajstić information content (AvgIpc) is 2.66. The van der Waals surface area contributed by atoms with Gasteiger partial charge >= 0.3 is 5.97 Å². The number of hydrogen-bond acceptors (Lipinski definition) is 3. The highest BCUT2D eigenvalue weighted by molar-refractivity contribution is 6.04. The normalized spacial score (nSPS) is 23.1. The Morgan fingerprint density at radius 1 is 1.53 bits per heavy atom. The highest BCUT2D eigenvalue weighted by Gasteiger charge is 2.42. The number of carboxylic acids is 1. The molecule has 0 radical (unpaired) electrons. The molecule has 0 aromatic heterocycles. The van der Waals surface area contributed by atoms with Crippen LogP contribution in [0.4, 0.5) is 8.78 Å². The Labute approximate surface area is 95.5 Å². The standard InChI is InChI=1S/C11H9F2NO3/c1-11(10(15)16)5-9(14-17-11)7-4-6(12)2-3-8(7)13/h2-4H,5H2,1H3,(H,15,16). The second-order valence-electron chi connectivity index (χ2n) is 3.97. The van der Waals surface area contributed by atoms with E-state index in [1.54, 1.807) is 0 Å². The molecule has 0 amide bonds. The first kappa shape index (κ1) is 11.5. The van der Waals surface area contributed by atoms with Crippen molar-refractivity contribution in [3.63, 3.8) is 0 Å². The lowest BCUT2D eigenvalue weighted by Gasteiger charge is -2.14. The number of carbonyl (C=O) groups is 1. The summed E-state index contributed by atoms with van der Waals surface area (Å²) in [5.74, 6) is -2.48. The van der Waals surface area contributed by atoms with Gasteiger partial charge in [-0.25, -0.2) is 13.6 Å². The second kappa shape index (κ2) is 3.80. The number of hydrogen-bond donors (Lipinski definition) is 1. The topological polar surface area (TPSA) is 58.9 Å². The van der Waals surface area contributed by atoms with E-state index in [1.807, 2.05) is 0 Å². The van der Waals surface area contributed by atoms with Crippen molar-refractivity contribution in [3.05, 3.63) is 35.4 Å². The summed E-state index contributed by atoms with van der Waals surface area (Å²) in [6, 6.07) is 2.90. The second-order valence-corrected chi connectivity index (χ2v) is 3.97. The van der Waals surface area contributed by atoms with Crippen molar-refractivity contribution in [2.75, 3.05) is 0 Å². The number of rotatable bonds is 2. The van der Waals surface area contributed by atoms with E-state index in [1.165, 1.54) is 6.92 Å². The molecule has 0 fully saturated rings. The van der Waals surface area contributed by atoms with Crippen LogP contribution in [0.1, 0.15) is 18.9 Å². The van der Waals surface area contributed by atoms with Gasteiger partial charge in [0, 0.05) is 12.0 Å². The predicted octanol–water partition coefficient (Wildman–Crippen LogP) is 1.93. The van der Waals surface area contributed by atoms with Crippen LogP contribution < -0.4 is 0 Å². The van der Waals surface area contributed by atoms with E-state index >= 15 is 0 Å². The molecule has 1 N–H and O–H groups in total. The van der Waals surface area contributed by atoms with Gasteiger partial charge in [0.1, 0.15) is 11.6 Å². The Balaban J connectivity index is 2.32. The molecule has 1 aromatic carbocycles. The highest BCUT2D eigenvalue weighted by Crippen LogP contribution is 2.27. The molecule has 0 saturated heterocycles. The molecule has 1 atom stereocenters. The van der Waals surface area contributed by atoms with Crippen LogP contribution in [0.25, 0.3) is 0 Å². The fourth-order valence-corrected chi connectivity index (χ4v) is 1.52. The summed E-state index contributed by atoms with van der Waals surface area (Å²) in [5, 5.41) is 12.4. The van der Waals surface area contributed by atoms with Crippen molar-refractivity contribution in [1.29, 1.82) is 0 Å². The van der Waals surface area contributed by atoms with Crippen molar-refractivity contribution < 1.29 is 23.5 Å². The van der Waals surface area contributed by atoms with E-state index in [4.69, 9.17) is 9.94 Å². The van der Waals surface area contributed by atoms with Crippen LogP contribution in [0, 0.1) is 11.6 Å². The van der Waals surface area contributed by atoms with E-state index in [9.17, 15) is 13.6 Å². The predicted molar refractivity (Wildman–Crippen MR) is 54.6 cm³/mol. The van der Waals surface area contributed by atoms with Crippen LogP contribution >= 0.6 is 0 Å². The molecule has 0 saturated carbocycles. The molecule has 1 unspecified atom stereocenters. The zero-order chi connectivity index (χ0) is 12.6. The zero-order valence-electron chi connectivity index (χ0n) is 8.91. The van der Waals surface area contributed by atoms with Gasteiger partial charge in [-0.1, -0.05) is 5.16 Å². The zero-order valence-corrected chi connectivity index (χ0v) is 8.91. The number of aliphatic carboxylic acids is 1. The van der Waals surface area contributed by atoms with E-state index in [0.717, 1.165) is 18.2 Å². The van der Waals surface area contributed by atoms with Gasteiger partial charge in [0.25, 0.3) is 0 Å². The Morgan fingerprint density at radius 2 is 2.24 bits per heavy atom. The average molecular weight is 241 g/mol. The molecule has 4 nitrogen and oxygen atoms in total. The van der Waals surface area contributed by atoms with Crippen LogP contribution in [0.2, 0.25) is 0 Å². The van der Waals surface area contributed by atoms with Gasteiger partial charge in [0.2, 0.25) is 5.60 Å². The third kappa shape index (κ3) is 1.98. The van der Waals surface area contributed by atoms with Gasteiger partial charge in [0.15, 0.2) is 0 Å².